The van der Waals surface area contributed by atoms with Crippen molar-refractivity contribution in [3.05, 3.63) is 105 Å². The second kappa shape index (κ2) is 17.6. The van der Waals surface area contributed by atoms with E-state index in [0.29, 0.717) is 28.5 Å². The largest absolute Gasteiger partial charge is 1.00 e. The smallest absolute Gasteiger partial charge is 0.411 e. The highest BCUT2D eigenvalue weighted by molar-refractivity contribution is 7.10. The fraction of sp³-hybridized carbons (Fsp3) is 0.286. The summed E-state index contributed by atoms with van der Waals surface area (Å²) < 4.78 is 35.2. The SMILES string of the molecule is CC(C)NCc1ccccc1NC(=O)OCC[N+]1(C[C@](O)(c2cc(F)ccc2F)[C@@H](C)c2nc(-c3ccc(C#N)cc3)cs2)C=NC=N1.Cl.[Cl-]. The Morgan fingerprint density at radius 1 is 1.12 bits per heavy atom. The number of ether oxygens (including phenoxy) is 1. The number of carbonyl (C=O) groups is 1. The van der Waals surface area contributed by atoms with Crippen molar-refractivity contribution in [1.29, 1.82) is 5.26 Å². The molecule has 50 heavy (non-hydrogen) atoms. The van der Waals surface area contributed by atoms with Crippen molar-refractivity contribution in [2.45, 2.75) is 44.9 Å². The number of aliphatic imine (C=N–C) groups is 1. The molecule has 5 rings (SSSR count). The Balaban J connectivity index is 0.00000338. The molecule has 4 aromatic rings. The molecule has 3 N–H and O–H groups in total. The lowest BCUT2D eigenvalue weighted by atomic mass is 9.81. The van der Waals surface area contributed by atoms with E-state index in [9.17, 15) is 14.3 Å². The number of anilines is 1. The van der Waals surface area contributed by atoms with Gasteiger partial charge in [0.15, 0.2) is 11.9 Å². The number of amides is 1. The Kier molecular flexibility index (Phi) is 14.1. The summed E-state index contributed by atoms with van der Waals surface area (Å²) in [5, 5.41) is 34.4. The highest BCUT2D eigenvalue weighted by Gasteiger charge is 2.49. The second-order valence-corrected chi connectivity index (χ2v) is 12.7. The van der Waals surface area contributed by atoms with Crippen LogP contribution in [-0.2, 0) is 16.9 Å². The summed E-state index contributed by atoms with van der Waals surface area (Å²) in [4.78, 5) is 21.7. The number of halogens is 4. The van der Waals surface area contributed by atoms with Crippen molar-refractivity contribution in [3.63, 3.8) is 0 Å². The lowest BCUT2D eigenvalue weighted by Crippen LogP contribution is -3.00. The van der Waals surface area contributed by atoms with Crippen LogP contribution in [0.3, 0.4) is 0 Å². The number of aromatic nitrogens is 1. The number of hydrogen-bond acceptors (Lipinski definition) is 9. The predicted molar refractivity (Wildman–Crippen MR) is 189 cm³/mol. The molecule has 15 heteroatoms. The first kappa shape index (κ1) is 40.1. The number of nitrogens with one attached hydrogen (secondary N) is 2. The van der Waals surface area contributed by atoms with Crippen molar-refractivity contribution < 1.29 is 40.4 Å². The van der Waals surface area contributed by atoms with Gasteiger partial charge in [-0.25, -0.2) is 18.6 Å². The van der Waals surface area contributed by atoms with Crippen LogP contribution in [0.5, 0.6) is 0 Å². The lowest BCUT2D eigenvalue weighted by molar-refractivity contribution is -0.848. The van der Waals surface area contributed by atoms with Crippen LogP contribution in [0.15, 0.2) is 82.2 Å². The molecule has 0 saturated heterocycles. The molecule has 1 aromatic heterocycles. The number of carbonyl (C=O) groups excluding carboxylic acids is 1. The van der Waals surface area contributed by atoms with Gasteiger partial charge in [0.2, 0.25) is 6.34 Å². The topological polar surface area (TPSA) is 132 Å². The normalized spacial score (nSPS) is 16.5. The molecule has 1 aliphatic rings. The molecule has 264 valence electrons. The average molecular weight is 745 g/mol. The zero-order chi connectivity index (χ0) is 34.3. The van der Waals surface area contributed by atoms with E-state index in [2.05, 4.69) is 26.8 Å². The van der Waals surface area contributed by atoms with Crippen LogP contribution in [0.25, 0.3) is 11.3 Å². The molecule has 1 unspecified atom stereocenters. The Bertz CT molecular complexity index is 1860. The van der Waals surface area contributed by atoms with Crippen LogP contribution in [0.2, 0.25) is 0 Å². The molecule has 0 aliphatic carbocycles. The molecular weight excluding hydrogens is 707 g/mol. The van der Waals surface area contributed by atoms with Gasteiger partial charge < -0.3 is 27.6 Å². The van der Waals surface area contributed by atoms with Crippen LogP contribution in [-0.4, -0.2) is 59.2 Å². The summed E-state index contributed by atoms with van der Waals surface area (Å²) in [6.45, 7) is 5.96. The Morgan fingerprint density at radius 3 is 2.54 bits per heavy atom. The molecular formula is C35H37Cl2F2N7O3S. The summed E-state index contributed by atoms with van der Waals surface area (Å²) in [5.41, 5.74) is 1.08. The Hall–Kier alpha value is -4.29. The summed E-state index contributed by atoms with van der Waals surface area (Å²) in [6, 6.07) is 19.6. The number of hydrogen-bond donors (Lipinski definition) is 3. The minimum atomic E-state index is -2.04. The Morgan fingerprint density at radius 2 is 1.86 bits per heavy atom. The molecule has 1 aliphatic heterocycles. The van der Waals surface area contributed by atoms with Crippen molar-refractivity contribution in [3.8, 4) is 17.3 Å². The van der Waals surface area contributed by atoms with Gasteiger partial charge in [0.25, 0.3) is 0 Å². The Labute approximate surface area is 305 Å². The first-order valence-electron chi connectivity index (χ1n) is 15.4. The number of nitrogens with zero attached hydrogens (tertiary/aromatic N) is 5. The van der Waals surface area contributed by atoms with E-state index in [-0.39, 0.29) is 60.7 Å². The molecule has 3 aromatic carbocycles. The van der Waals surface area contributed by atoms with Crippen molar-refractivity contribution in [2.75, 3.05) is 25.0 Å². The third kappa shape index (κ3) is 9.48. The number of quaternary nitrogens is 1. The fourth-order valence-electron chi connectivity index (χ4n) is 5.39. The molecule has 1 amide bonds. The summed E-state index contributed by atoms with van der Waals surface area (Å²) in [6.07, 6.45) is 2.09. The van der Waals surface area contributed by atoms with Crippen molar-refractivity contribution >= 4 is 48.2 Å². The number of thiazole rings is 1. The van der Waals surface area contributed by atoms with E-state index in [1.54, 1.807) is 42.6 Å². The van der Waals surface area contributed by atoms with Gasteiger partial charge in [0.05, 0.1) is 22.3 Å². The zero-order valence-corrected chi connectivity index (χ0v) is 29.9. The second-order valence-electron chi connectivity index (χ2n) is 11.8. The van der Waals surface area contributed by atoms with Gasteiger partial charge in [-0.05, 0) is 42.0 Å². The summed E-state index contributed by atoms with van der Waals surface area (Å²) in [5.74, 6) is -2.36. The van der Waals surface area contributed by atoms with E-state index in [1.165, 1.54) is 24.0 Å². The minimum absolute atomic E-state index is 0. The predicted octanol–water partition coefficient (Wildman–Crippen LogP) is 3.93. The van der Waals surface area contributed by atoms with Gasteiger partial charge in [-0.2, -0.15) is 10.3 Å². The van der Waals surface area contributed by atoms with E-state index in [0.717, 1.165) is 29.3 Å². The van der Waals surface area contributed by atoms with E-state index in [1.807, 2.05) is 32.0 Å². The maximum atomic E-state index is 15.4. The van der Waals surface area contributed by atoms with Crippen LogP contribution < -0.4 is 23.0 Å². The highest BCUT2D eigenvalue weighted by Crippen LogP contribution is 2.42. The number of rotatable bonds is 13. The van der Waals surface area contributed by atoms with Crippen molar-refractivity contribution in [2.24, 2.45) is 10.1 Å². The third-order valence-electron chi connectivity index (χ3n) is 8.12. The highest BCUT2D eigenvalue weighted by atomic mass is 35.5. The summed E-state index contributed by atoms with van der Waals surface area (Å²) >= 11 is 1.27. The van der Waals surface area contributed by atoms with E-state index < -0.39 is 29.2 Å². The minimum Gasteiger partial charge on any atom is -1.00 e. The number of benzene rings is 3. The molecule has 0 fully saturated rings. The van der Waals surface area contributed by atoms with E-state index in [4.69, 9.17) is 15.0 Å². The van der Waals surface area contributed by atoms with Crippen LogP contribution >= 0.6 is 23.7 Å². The standard InChI is InChI=1S/C35H35F2N7O3S.2ClH/c1-23(2)40-18-27-6-4-5-7-31(27)43-34(45)47-15-14-44(22-39-21-41-44)20-35(46,29-16-28(36)12-13-30(29)37)24(3)33-42-32(19-48-33)26-10-8-25(17-38)9-11-26;;/h4-13,16,19,21-24,40,46H,14-15,18,20H2,1-3H3;2*1H/t24-,35+,44?;;/m0../s1. The maximum absolute atomic E-state index is 15.4. The fourth-order valence-corrected chi connectivity index (χ4v) is 6.36. The van der Waals surface area contributed by atoms with Crippen molar-refractivity contribution in [1.82, 2.24) is 10.3 Å². The van der Waals surface area contributed by atoms with Gasteiger partial charge >= 0.3 is 6.09 Å². The first-order valence-corrected chi connectivity index (χ1v) is 16.2. The lowest BCUT2D eigenvalue weighted by Gasteiger charge is -2.38. The maximum Gasteiger partial charge on any atom is 0.411 e. The number of para-hydroxylation sites is 1. The molecule has 2 heterocycles. The van der Waals surface area contributed by atoms with Crippen LogP contribution in [0.1, 0.15) is 48.4 Å². The van der Waals surface area contributed by atoms with Gasteiger partial charge in [-0.1, -0.05) is 56.2 Å². The molecule has 3 atom stereocenters. The van der Waals surface area contributed by atoms with Gasteiger partial charge in [0.1, 0.15) is 31.3 Å². The molecule has 0 spiro atoms. The average Bonchev–Trinajstić information content (AvgIpc) is 3.75. The zero-order valence-electron chi connectivity index (χ0n) is 27.5. The number of aliphatic hydroxyl groups is 1. The van der Waals surface area contributed by atoms with Crippen LogP contribution in [0.4, 0.5) is 19.3 Å². The van der Waals surface area contributed by atoms with E-state index >= 15 is 4.39 Å². The van der Waals surface area contributed by atoms with Gasteiger partial charge in [-0.3, -0.25) is 5.32 Å². The molecule has 10 nitrogen and oxygen atoms in total. The monoisotopic (exact) mass is 743 g/mol. The van der Waals surface area contributed by atoms with Crippen LogP contribution in [0, 0.1) is 23.0 Å². The molecule has 0 bridgehead atoms. The van der Waals surface area contributed by atoms with Gasteiger partial charge in [-0.15, -0.1) is 28.3 Å². The molecule has 0 radical (unpaired) electrons. The quantitative estimate of drug-likeness (QED) is 0.178. The first-order chi connectivity index (χ1) is 23.0. The third-order valence-corrected chi connectivity index (χ3v) is 9.15. The molecule has 0 saturated carbocycles. The number of nitriles is 1. The van der Waals surface area contributed by atoms with Gasteiger partial charge in [0, 0.05) is 40.7 Å². The summed E-state index contributed by atoms with van der Waals surface area (Å²) in [7, 11) is 0.